The highest BCUT2D eigenvalue weighted by Crippen LogP contribution is 2.25. The molecule has 0 amide bonds. The van der Waals surface area contributed by atoms with Gasteiger partial charge in [-0.2, -0.15) is 0 Å². The third-order valence-electron chi connectivity index (χ3n) is 1.01. The molecule has 0 unspecified atom stereocenters. The van der Waals surface area contributed by atoms with Crippen molar-refractivity contribution in [3.63, 3.8) is 0 Å². The van der Waals surface area contributed by atoms with Crippen molar-refractivity contribution in [3.8, 4) is 0 Å². The molecule has 3 N–H and O–H groups in total. The first-order chi connectivity index (χ1) is 5.41. The quantitative estimate of drug-likeness (QED) is 0.364. The van der Waals surface area contributed by atoms with Crippen LogP contribution in [0.2, 0.25) is 0 Å². The molecule has 0 bridgehead atoms. The average Bonchev–Trinajstić information content (AvgIpc) is 1.85. The van der Waals surface area contributed by atoms with E-state index in [4.69, 9.17) is 19.2 Å². The second-order valence-corrected chi connectivity index (χ2v) is 3.32. The summed E-state index contributed by atoms with van der Waals surface area (Å²) in [4.78, 5) is 21.6. The molecule has 74 valence electrons. The monoisotopic (exact) mass is 196 g/mol. The van der Waals surface area contributed by atoms with Crippen LogP contribution in [0.15, 0.2) is 12.7 Å². The predicted octanol–water partition coefficient (Wildman–Crippen LogP) is 1.82. The van der Waals surface area contributed by atoms with Gasteiger partial charge in [0.25, 0.3) is 0 Å². The first kappa shape index (κ1) is 14.4. The van der Waals surface area contributed by atoms with Crippen LogP contribution >= 0.6 is 7.82 Å². The minimum atomic E-state index is -4.64. The molecule has 0 aromatic heterocycles. The lowest BCUT2D eigenvalue weighted by Crippen LogP contribution is -1.67. The van der Waals surface area contributed by atoms with Gasteiger partial charge in [-0.05, 0) is 12.8 Å². The number of hydrogen-bond acceptors (Lipinski definition) is 1. The topological polar surface area (TPSA) is 77.8 Å². The molecule has 4 nitrogen and oxygen atoms in total. The van der Waals surface area contributed by atoms with E-state index in [-0.39, 0.29) is 0 Å². The summed E-state index contributed by atoms with van der Waals surface area (Å²) in [5, 5.41) is 0. The van der Waals surface area contributed by atoms with Crippen LogP contribution in [0.3, 0.4) is 0 Å². The zero-order valence-corrected chi connectivity index (χ0v) is 8.20. The van der Waals surface area contributed by atoms with Gasteiger partial charge in [0.05, 0.1) is 0 Å². The Morgan fingerprint density at radius 1 is 1.33 bits per heavy atom. The van der Waals surface area contributed by atoms with Crippen LogP contribution in [0.1, 0.15) is 32.6 Å². The number of rotatable bonds is 4. The van der Waals surface area contributed by atoms with Crippen molar-refractivity contribution in [1.82, 2.24) is 0 Å². The summed E-state index contributed by atoms with van der Waals surface area (Å²) >= 11 is 0. The zero-order valence-electron chi connectivity index (χ0n) is 7.31. The molecule has 0 aromatic rings. The van der Waals surface area contributed by atoms with Gasteiger partial charge in [0.2, 0.25) is 0 Å². The minimum absolute atomic E-state index is 1.19. The highest BCUT2D eigenvalue weighted by Gasteiger charge is 2.00. The third kappa shape index (κ3) is 52.0. The molecule has 0 aromatic carbocycles. The maximum absolute atomic E-state index is 8.88. The van der Waals surface area contributed by atoms with Crippen molar-refractivity contribution in [2.24, 2.45) is 0 Å². The summed E-state index contributed by atoms with van der Waals surface area (Å²) in [6.07, 6.45) is 7.16. The Labute approximate surface area is 73.2 Å². The Kier molecular flexibility index (Phi) is 10.7. The van der Waals surface area contributed by atoms with E-state index in [0.29, 0.717) is 0 Å². The van der Waals surface area contributed by atoms with Crippen molar-refractivity contribution < 1.29 is 19.2 Å². The molecule has 0 aliphatic rings. The van der Waals surface area contributed by atoms with E-state index in [2.05, 4.69) is 13.5 Å². The van der Waals surface area contributed by atoms with Crippen LogP contribution in [0, 0.1) is 0 Å². The maximum atomic E-state index is 8.88. The van der Waals surface area contributed by atoms with Gasteiger partial charge in [-0.25, -0.2) is 4.57 Å². The Morgan fingerprint density at radius 2 is 1.75 bits per heavy atom. The molecule has 0 spiro atoms. The van der Waals surface area contributed by atoms with E-state index in [1.165, 1.54) is 25.7 Å². The summed E-state index contributed by atoms with van der Waals surface area (Å²) in [5.74, 6) is 0. The Bertz CT molecular complexity index is 132. The van der Waals surface area contributed by atoms with E-state index in [9.17, 15) is 0 Å². The number of phosphoric acid groups is 1. The fraction of sp³-hybridized carbons (Fsp3) is 0.714. The van der Waals surface area contributed by atoms with E-state index in [1.54, 1.807) is 0 Å². The van der Waals surface area contributed by atoms with Crippen molar-refractivity contribution in [3.05, 3.63) is 12.7 Å². The SMILES string of the molecule is C=CCCCCC.O=P(O)(O)O. The van der Waals surface area contributed by atoms with E-state index in [1.807, 2.05) is 6.08 Å². The number of allylic oxidation sites excluding steroid dienone is 1. The average molecular weight is 196 g/mol. The largest absolute Gasteiger partial charge is 0.466 e. The van der Waals surface area contributed by atoms with Gasteiger partial charge < -0.3 is 14.7 Å². The normalized spacial score (nSPS) is 10.0. The number of hydrogen-bond donors (Lipinski definition) is 3. The highest BCUT2D eigenvalue weighted by molar-refractivity contribution is 7.45. The first-order valence-corrected chi connectivity index (χ1v) is 5.37. The van der Waals surface area contributed by atoms with Crippen molar-refractivity contribution in [1.29, 1.82) is 0 Å². The first-order valence-electron chi connectivity index (χ1n) is 3.81. The lowest BCUT2D eigenvalue weighted by atomic mass is 10.2. The second kappa shape index (κ2) is 8.94. The van der Waals surface area contributed by atoms with Crippen LogP contribution in [-0.2, 0) is 4.57 Å². The molecule has 0 heterocycles. The molecule has 12 heavy (non-hydrogen) atoms. The van der Waals surface area contributed by atoms with Gasteiger partial charge in [-0.1, -0.05) is 25.8 Å². The van der Waals surface area contributed by atoms with Gasteiger partial charge in [-0.15, -0.1) is 6.58 Å². The molecule has 0 radical (unpaired) electrons. The third-order valence-corrected chi connectivity index (χ3v) is 1.01. The van der Waals surface area contributed by atoms with E-state index < -0.39 is 7.82 Å². The van der Waals surface area contributed by atoms with E-state index in [0.717, 1.165) is 0 Å². The van der Waals surface area contributed by atoms with Gasteiger partial charge in [0.15, 0.2) is 0 Å². The smallest absolute Gasteiger partial charge is 0.303 e. The summed E-state index contributed by atoms with van der Waals surface area (Å²) in [7, 11) is -4.64. The van der Waals surface area contributed by atoms with Gasteiger partial charge in [0.1, 0.15) is 0 Å². The summed E-state index contributed by atoms with van der Waals surface area (Å²) in [5.41, 5.74) is 0. The Hall–Kier alpha value is -0.150. The van der Waals surface area contributed by atoms with Crippen molar-refractivity contribution >= 4 is 7.82 Å². The van der Waals surface area contributed by atoms with E-state index >= 15 is 0 Å². The maximum Gasteiger partial charge on any atom is 0.466 e. The zero-order chi connectivity index (χ0) is 10.0. The van der Waals surface area contributed by atoms with Crippen molar-refractivity contribution in [2.75, 3.05) is 0 Å². The van der Waals surface area contributed by atoms with Crippen LogP contribution in [0.4, 0.5) is 0 Å². The van der Waals surface area contributed by atoms with Crippen LogP contribution in [0.5, 0.6) is 0 Å². The molecule has 0 saturated carbocycles. The molecule has 5 heteroatoms. The molecule has 0 fully saturated rings. The van der Waals surface area contributed by atoms with Crippen LogP contribution < -0.4 is 0 Å². The molecule has 0 aliphatic carbocycles. The number of unbranched alkanes of at least 4 members (excludes halogenated alkanes) is 3. The lowest BCUT2D eigenvalue weighted by Gasteiger charge is -1.87. The Morgan fingerprint density at radius 3 is 2.00 bits per heavy atom. The molecule has 0 rings (SSSR count). The van der Waals surface area contributed by atoms with Crippen LogP contribution in [0.25, 0.3) is 0 Å². The van der Waals surface area contributed by atoms with Crippen LogP contribution in [-0.4, -0.2) is 14.7 Å². The second-order valence-electron chi connectivity index (χ2n) is 2.30. The summed E-state index contributed by atoms with van der Waals surface area (Å²) in [6, 6.07) is 0. The van der Waals surface area contributed by atoms with Gasteiger partial charge in [0, 0.05) is 0 Å². The fourth-order valence-electron chi connectivity index (χ4n) is 0.539. The molecule has 0 aliphatic heterocycles. The summed E-state index contributed by atoms with van der Waals surface area (Å²) in [6.45, 7) is 5.84. The molecular weight excluding hydrogens is 179 g/mol. The lowest BCUT2D eigenvalue weighted by molar-refractivity contribution is 0.275. The van der Waals surface area contributed by atoms with Gasteiger partial charge in [-0.3, -0.25) is 0 Å². The van der Waals surface area contributed by atoms with Gasteiger partial charge >= 0.3 is 7.82 Å². The van der Waals surface area contributed by atoms with Crippen molar-refractivity contribution in [2.45, 2.75) is 32.6 Å². The highest BCUT2D eigenvalue weighted by atomic mass is 31.2. The summed E-state index contributed by atoms with van der Waals surface area (Å²) < 4.78 is 8.88. The standard InChI is InChI=1S/C7H14.H3O4P/c1-3-5-7-6-4-2;1-5(2,3)4/h3H,1,4-7H2,2H3;(H3,1,2,3,4). The molecular formula is C7H17O4P. The molecule has 0 atom stereocenters. The predicted molar refractivity (Wildman–Crippen MR) is 48.6 cm³/mol. The fourth-order valence-corrected chi connectivity index (χ4v) is 0.539. The Balaban J connectivity index is 0. The molecule has 0 saturated heterocycles. The minimum Gasteiger partial charge on any atom is -0.303 e.